The molecule has 3 rings (SSSR count). The standard InChI is InChI=1S/C13H16ClN3O/c1-8-16-11(14)10(6-18)12(17-8)15-7-13(4-5-13)9-2-3-9/h6,9H,2-5,7H2,1H3,(H,15,16,17). The van der Waals surface area contributed by atoms with Crippen LogP contribution in [0.15, 0.2) is 0 Å². The maximum Gasteiger partial charge on any atom is 0.156 e. The Labute approximate surface area is 111 Å². The highest BCUT2D eigenvalue weighted by Crippen LogP contribution is 2.61. The van der Waals surface area contributed by atoms with Gasteiger partial charge in [0.15, 0.2) is 6.29 Å². The van der Waals surface area contributed by atoms with Crippen LogP contribution in [0.3, 0.4) is 0 Å². The molecule has 0 aliphatic heterocycles. The second-order valence-corrected chi connectivity index (χ2v) is 5.79. The molecule has 2 saturated carbocycles. The van der Waals surface area contributed by atoms with Crippen molar-refractivity contribution in [2.24, 2.45) is 11.3 Å². The molecule has 1 heterocycles. The Balaban J connectivity index is 1.77. The first-order valence-electron chi connectivity index (χ1n) is 6.38. The van der Waals surface area contributed by atoms with E-state index in [1.165, 1.54) is 25.7 Å². The maximum atomic E-state index is 11.0. The third-order valence-electron chi connectivity index (χ3n) is 4.07. The first kappa shape index (κ1) is 11.9. The number of hydrogen-bond acceptors (Lipinski definition) is 4. The highest BCUT2D eigenvalue weighted by Gasteiger charge is 2.53. The number of carbonyl (C=O) groups excluding carboxylic acids is 1. The van der Waals surface area contributed by atoms with Crippen LogP contribution in [-0.4, -0.2) is 22.8 Å². The van der Waals surface area contributed by atoms with E-state index in [2.05, 4.69) is 15.3 Å². The summed E-state index contributed by atoms with van der Waals surface area (Å²) in [6.07, 6.45) is 6.01. The van der Waals surface area contributed by atoms with Gasteiger partial charge in [0.25, 0.3) is 0 Å². The molecule has 0 radical (unpaired) electrons. The molecule has 1 N–H and O–H groups in total. The van der Waals surface area contributed by atoms with Crippen LogP contribution in [0, 0.1) is 18.3 Å². The van der Waals surface area contributed by atoms with Crippen molar-refractivity contribution in [2.45, 2.75) is 32.6 Å². The quantitative estimate of drug-likeness (QED) is 0.657. The molecule has 96 valence electrons. The number of aryl methyl sites for hydroxylation is 1. The predicted molar refractivity (Wildman–Crippen MR) is 70.0 cm³/mol. The van der Waals surface area contributed by atoms with Gasteiger partial charge in [-0.15, -0.1) is 0 Å². The number of nitrogens with one attached hydrogen (secondary N) is 1. The minimum atomic E-state index is 0.233. The molecule has 5 heteroatoms. The fourth-order valence-corrected chi connectivity index (χ4v) is 2.89. The van der Waals surface area contributed by atoms with Crippen molar-refractivity contribution in [3.8, 4) is 0 Å². The van der Waals surface area contributed by atoms with Gasteiger partial charge in [0.2, 0.25) is 0 Å². The summed E-state index contributed by atoms with van der Waals surface area (Å²) in [7, 11) is 0. The van der Waals surface area contributed by atoms with E-state index in [9.17, 15) is 4.79 Å². The van der Waals surface area contributed by atoms with Gasteiger partial charge in [-0.1, -0.05) is 11.6 Å². The first-order chi connectivity index (χ1) is 8.64. The Morgan fingerprint density at radius 2 is 2.17 bits per heavy atom. The van der Waals surface area contributed by atoms with Gasteiger partial charge in [-0.05, 0) is 43.9 Å². The van der Waals surface area contributed by atoms with Crippen molar-refractivity contribution in [3.63, 3.8) is 0 Å². The lowest BCUT2D eigenvalue weighted by Gasteiger charge is -2.16. The monoisotopic (exact) mass is 265 g/mol. The molecule has 2 aliphatic rings. The number of halogens is 1. The number of aldehydes is 1. The molecule has 1 aromatic heterocycles. The number of nitrogens with zero attached hydrogens (tertiary/aromatic N) is 2. The van der Waals surface area contributed by atoms with Gasteiger partial charge in [-0.3, -0.25) is 4.79 Å². The van der Waals surface area contributed by atoms with Crippen LogP contribution in [-0.2, 0) is 0 Å². The highest BCUT2D eigenvalue weighted by atomic mass is 35.5. The molecule has 0 atom stereocenters. The van der Waals surface area contributed by atoms with Gasteiger partial charge in [0, 0.05) is 6.54 Å². The number of carbonyl (C=O) groups is 1. The van der Waals surface area contributed by atoms with Crippen LogP contribution in [0.5, 0.6) is 0 Å². The minimum Gasteiger partial charge on any atom is -0.369 e. The lowest BCUT2D eigenvalue weighted by molar-refractivity contribution is 0.112. The van der Waals surface area contributed by atoms with Crippen molar-refractivity contribution in [1.29, 1.82) is 0 Å². The third-order valence-corrected chi connectivity index (χ3v) is 4.36. The van der Waals surface area contributed by atoms with Gasteiger partial charge >= 0.3 is 0 Å². The van der Waals surface area contributed by atoms with Crippen LogP contribution in [0.4, 0.5) is 5.82 Å². The van der Waals surface area contributed by atoms with Crippen molar-refractivity contribution in [1.82, 2.24) is 9.97 Å². The van der Waals surface area contributed by atoms with Gasteiger partial charge in [-0.2, -0.15) is 0 Å². The zero-order valence-electron chi connectivity index (χ0n) is 10.4. The van der Waals surface area contributed by atoms with E-state index < -0.39 is 0 Å². The summed E-state index contributed by atoms with van der Waals surface area (Å²) in [5, 5.41) is 3.54. The molecule has 0 unspecified atom stereocenters. The number of aromatic nitrogens is 2. The SMILES string of the molecule is Cc1nc(Cl)c(C=O)c(NCC2(C3CC3)CC2)n1. The number of anilines is 1. The van der Waals surface area contributed by atoms with Crippen molar-refractivity contribution >= 4 is 23.7 Å². The Hall–Kier alpha value is -1.16. The van der Waals surface area contributed by atoms with Crippen LogP contribution in [0.1, 0.15) is 41.9 Å². The summed E-state index contributed by atoms with van der Waals surface area (Å²) in [6.45, 7) is 2.67. The van der Waals surface area contributed by atoms with Crippen LogP contribution in [0.2, 0.25) is 5.15 Å². The zero-order chi connectivity index (χ0) is 12.8. The average molecular weight is 266 g/mol. The summed E-state index contributed by atoms with van der Waals surface area (Å²) in [5.41, 5.74) is 0.833. The van der Waals surface area contributed by atoms with Gasteiger partial charge < -0.3 is 5.32 Å². The van der Waals surface area contributed by atoms with Crippen molar-refractivity contribution in [3.05, 3.63) is 16.5 Å². The Morgan fingerprint density at radius 1 is 1.44 bits per heavy atom. The molecular formula is C13H16ClN3O. The van der Waals surface area contributed by atoms with Crippen LogP contribution < -0.4 is 5.32 Å². The van der Waals surface area contributed by atoms with Crippen LogP contribution >= 0.6 is 11.6 Å². The lowest BCUT2D eigenvalue weighted by Crippen LogP contribution is -2.19. The largest absolute Gasteiger partial charge is 0.369 e. The second kappa shape index (κ2) is 4.19. The fraction of sp³-hybridized carbons (Fsp3) is 0.615. The molecular weight excluding hydrogens is 250 g/mol. The van der Waals surface area contributed by atoms with Gasteiger partial charge in [0.05, 0.1) is 5.56 Å². The Morgan fingerprint density at radius 3 is 2.72 bits per heavy atom. The van der Waals surface area contributed by atoms with E-state index >= 15 is 0 Å². The highest BCUT2D eigenvalue weighted by molar-refractivity contribution is 6.32. The predicted octanol–water partition coefficient (Wildman–Crippen LogP) is 2.85. The van der Waals surface area contributed by atoms with E-state index in [0.717, 1.165) is 18.7 Å². The Kier molecular flexibility index (Phi) is 2.77. The smallest absolute Gasteiger partial charge is 0.156 e. The minimum absolute atomic E-state index is 0.233. The van der Waals surface area contributed by atoms with E-state index in [4.69, 9.17) is 11.6 Å². The molecule has 0 aromatic carbocycles. The van der Waals surface area contributed by atoms with Crippen molar-refractivity contribution < 1.29 is 4.79 Å². The summed E-state index contributed by atoms with van der Waals surface area (Å²) < 4.78 is 0. The van der Waals surface area contributed by atoms with Crippen LogP contribution in [0.25, 0.3) is 0 Å². The molecule has 0 amide bonds. The first-order valence-corrected chi connectivity index (χ1v) is 6.76. The maximum absolute atomic E-state index is 11.0. The molecule has 0 saturated heterocycles. The van der Waals surface area contributed by atoms with E-state index in [1.54, 1.807) is 6.92 Å². The Bertz CT molecular complexity index is 495. The molecule has 2 aliphatic carbocycles. The second-order valence-electron chi connectivity index (χ2n) is 5.43. The molecule has 18 heavy (non-hydrogen) atoms. The zero-order valence-corrected chi connectivity index (χ0v) is 11.1. The molecule has 4 nitrogen and oxygen atoms in total. The topological polar surface area (TPSA) is 54.9 Å². The van der Waals surface area contributed by atoms with E-state index in [1.807, 2.05) is 0 Å². The molecule has 2 fully saturated rings. The summed E-state index contributed by atoms with van der Waals surface area (Å²) >= 11 is 5.95. The average Bonchev–Trinajstić information content (AvgIpc) is 3.17. The normalized spacial score (nSPS) is 20.6. The van der Waals surface area contributed by atoms with Gasteiger partial charge in [0.1, 0.15) is 16.8 Å². The summed E-state index contributed by atoms with van der Waals surface area (Å²) in [5.74, 6) is 2.04. The third kappa shape index (κ3) is 2.09. The fourth-order valence-electron chi connectivity index (χ4n) is 2.63. The molecule has 1 aromatic rings. The number of hydrogen-bond donors (Lipinski definition) is 1. The van der Waals surface area contributed by atoms with Gasteiger partial charge in [-0.25, -0.2) is 9.97 Å². The molecule has 0 spiro atoms. The van der Waals surface area contributed by atoms with Crippen molar-refractivity contribution in [2.75, 3.05) is 11.9 Å². The lowest BCUT2D eigenvalue weighted by atomic mass is 10.0. The summed E-state index contributed by atoms with van der Waals surface area (Å²) in [4.78, 5) is 19.3. The summed E-state index contributed by atoms with van der Waals surface area (Å²) in [6, 6.07) is 0. The van der Waals surface area contributed by atoms with E-state index in [0.29, 0.717) is 22.6 Å². The number of rotatable bonds is 5. The molecule has 0 bridgehead atoms. The van der Waals surface area contributed by atoms with E-state index in [-0.39, 0.29) is 5.15 Å².